The van der Waals surface area contributed by atoms with Gasteiger partial charge in [0.2, 0.25) is 0 Å². The molecule has 1 aromatic rings. The molecular weight excluding hydrogens is 208 g/mol. The van der Waals surface area contributed by atoms with Crippen molar-refractivity contribution in [3.63, 3.8) is 0 Å². The average molecular weight is 217 g/mol. The topological polar surface area (TPSA) is 27.1 Å². The van der Waals surface area contributed by atoms with Gasteiger partial charge in [-0.05, 0) is 22.9 Å². The van der Waals surface area contributed by atoms with E-state index in [1.54, 1.807) is 0 Å². The van der Waals surface area contributed by atoms with E-state index in [1.807, 2.05) is 10.9 Å². The van der Waals surface area contributed by atoms with Gasteiger partial charge in [0.05, 0.1) is 35.6 Å². The first-order chi connectivity index (χ1) is 5.29. The molecule has 11 heavy (non-hydrogen) atoms. The van der Waals surface area contributed by atoms with Crippen molar-refractivity contribution in [3.8, 4) is 0 Å². The van der Waals surface area contributed by atoms with Crippen molar-refractivity contribution < 1.29 is 4.74 Å². The molecule has 4 heteroatoms. The monoisotopic (exact) mass is 216 g/mol. The standard InChI is InChI=1S/C7H9BrN2O/c1-5-7(8)2-9-10(5)6-3-11-4-6/h2,6H,3-4H2,1H3. The lowest BCUT2D eigenvalue weighted by Crippen LogP contribution is -2.31. The molecule has 0 aliphatic carbocycles. The van der Waals surface area contributed by atoms with Gasteiger partial charge >= 0.3 is 0 Å². The lowest BCUT2D eigenvalue weighted by molar-refractivity contribution is -0.0295. The van der Waals surface area contributed by atoms with E-state index in [1.165, 1.54) is 5.69 Å². The summed E-state index contributed by atoms with van der Waals surface area (Å²) >= 11 is 3.41. The van der Waals surface area contributed by atoms with Crippen LogP contribution in [-0.2, 0) is 4.74 Å². The Bertz CT molecular complexity index is 267. The summed E-state index contributed by atoms with van der Waals surface area (Å²) in [6.45, 7) is 3.65. The van der Waals surface area contributed by atoms with Gasteiger partial charge in [0.1, 0.15) is 0 Å². The Labute approximate surface area is 73.5 Å². The predicted octanol–water partition coefficient (Wildman–Crippen LogP) is 1.53. The smallest absolute Gasteiger partial charge is 0.0988 e. The summed E-state index contributed by atoms with van der Waals surface area (Å²) in [5.74, 6) is 0. The van der Waals surface area contributed by atoms with Gasteiger partial charge in [-0.15, -0.1) is 0 Å². The zero-order chi connectivity index (χ0) is 7.84. The Morgan fingerprint density at radius 2 is 2.45 bits per heavy atom. The number of halogens is 1. The summed E-state index contributed by atoms with van der Waals surface area (Å²) < 4.78 is 8.16. The largest absolute Gasteiger partial charge is 0.377 e. The van der Waals surface area contributed by atoms with Gasteiger partial charge in [0.15, 0.2) is 0 Å². The third-order valence-corrected chi connectivity index (χ3v) is 2.73. The minimum Gasteiger partial charge on any atom is -0.377 e. The van der Waals surface area contributed by atoms with Crippen LogP contribution < -0.4 is 0 Å². The molecule has 0 saturated carbocycles. The van der Waals surface area contributed by atoms with E-state index < -0.39 is 0 Å². The highest BCUT2D eigenvalue weighted by molar-refractivity contribution is 9.10. The van der Waals surface area contributed by atoms with Gasteiger partial charge in [0.25, 0.3) is 0 Å². The van der Waals surface area contributed by atoms with Crippen molar-refractivity contribution in [1.82, 2.24) is 9.78 Å². The maximum atomic E-state index is 5.08. The molecule has 1 saturated heterocycles. The summed E-state index contributed by atoms with van der Waals surface area (Å²) in [5, 5.41) is 4.23. The maximum Gasteiger partial charge on any atom is 0.0988 e. The molecule has 60 valence electrons. The van der Waals surface area contributed by atoms with Gasteiger partial charge in [-0.25, -0.2) is 0 Å². The van der Waals surface area contributed by atoms with Crippen LogP contribution in [0.1, 0.15) is 11.7 Å². The van der Waals surface area contributed by atoms with Crippen LogP contribution in [0.3, 0.4) is 0 Å². The molecule has 1 aliphatic heterocycles. The number of nitrogens with zero attached hydrogens (tertiary/aromatic N) is 2. The third kappa shape index (κ3) is 1.10. The van der Waals surface area contributed by atoms with E-state index in [2.05, 4.69) is 28.0 Å². The number of hydrogen-bond donors (Lipinski definition) is 0. The molecule has 1 fully saturated rings. The highest BCUT2D eigenvalue weighted by Crippen LogP contribution is 2.22. The Morgan fingerprint density at radius 3 is 2.82 bits per heavy atom. The zero-order valence-corrected chi connectivity index (χ0v) is 7.84. The van der Waals surface area contributed by atoms with E-state index in [-0.39, 0.29) is 0 Å². The molecule has 2 heterocycles. The Kier molecular flexibility index (Phi) is 1.73. The maximum absolute atomic E-state index is 5.08. The molecule has 0 bridgehead atoms. The average Bonchev–Trinajstić information content (AvgIpc) is 2.15. The highest BCUT2D eigenvalue weighted by atomic mass is 79.9. The van der Waals surface area contributed by atoms with Crippen LogP contribution in [0, 0.1) is 6.92 Å². The lowest BCUT2D eigenvalue weighted by Gasteiger charge is -2.27. The second-order valence-electron chi connectivity index (χ2n) is 2.71. The highest BCUT2D eigenvalue weighted by Gasteiger charge is 2.22. The summed E-state index contributed by atoms with van der Waals surface area (Å²) in [6.07, 6.45) is 1.83. The molecule has 0 aromatic carbocycles. The minimum atomic E-state index is 0.460. The molecule has 2 rings (SSSR count). The van der Waals surface area contributed by atoms with E-state index >= 15 is 0 Å². The number of ether oxygens (including phenoxy) is 1. The molecule has 1 aromatic heterocycles. The van der Waals surface area contributed by atoms with Crippen molar-refractivity contribution >= 4 is 15.9 Å². The van der Waals surface area contributed by atoms with Crippen molar-refractivity contribution in [2.24, 2.45) is 0 Å². The van der Waals surface area contributed by atoms with Gasteiger partial charge in [-0.2, -0.15) is 5.10 Å². The normalized spacial score (nSPS) is 18.4. The molecule has 3 nitrogen and oxygen atoms in total. The fraction of sp³-hybridized carbons (Fsp3) is 0.571. The van der Waals surface area contributed by atoms with Crippen molar-refractivity contribution in [1.29, 1.82) is 0 Å². The van der Waals surface area contributed by atoms with Gasteiger partial charge < -0.3 is 4.74 Å². The first-order valence-corrected chi connectivity index (χ1v) is 4.35. The van der Waals surface area contributed by atoms with E-state index in [4.69, 9.17) is 4.74 Å². The predicted molar refractivity (Wildman–Crippen MR) is 44.5 cm³/mol. The Balaban J connectivity index is 2.29. The van der Waals surface area contributed by atoms with Crippen molar-refractivity contribution in [2.75, 3.05) is 13.2 Å². The summed E-state index contributed by atoms with van der Waals surface area (Å²) in [4.78, 5) is 0. The van der Waals surface area contributed by atoms with Crippen LogP contribution in [0.25, 0.3) is 0 Å². The SMILES string of the molecule is Cc1c(Br)cnn1C1COC1. The first-order valence-electron chi connectivity index (χ1n) is 3.56. The third-order valence-electron chi connectivity index (χ3n) is 1.95. The van der Waals surface area contributed by atoms with Gasteiger partial charge in [-0.1, -0.05) is 0 Å². The molecule has 0 N–H and O–H groups in total. The Morgan fingerprint density at radius 1 is 1.73 bits per heavy atom. The van der Waals surface area contributed by atoms with Crippen LogP contribution in [0.15, 0.2) is 10.7 Å². The fourth-order valence-corrected chi connectivity index (χ4v) is 1.41. The van der Waals surface area contributed by atoms with E-state index in [0.717, 1.165) is 17.7 Å². The van der Waals surface area contributed by atoms with E-state index in [9.17, 15) is 0 Å². The van der Waals surface area contributed by atoms with Gasteiger partial charge in [0, 0.05) is 0 Å². The summed E-state index contributed by atoms with van der Waals surface area (Å²) in [7, 11) is 0. The molecule has 1 aliphatic rings. The quantitative estimate of drug-likeness (QED) is 0.713. The van der Waals surface area contributed by atoms with Crippen molar-refractivity contribution in [3.05, 3.63) is 16.4 Å². The molecule has 0 unspecified atom stereocenters. The van der Waals surface area contributed by atoms with Crippen LogP contribution in [0.5, 0.6) is 0 Å². The van der Waals surface area contributed by atoms with E-state index in [0.29, 0.717) is 6.04 Å². The second-order valence-corrected chi connectivity index (χ2v) is 3.57. The Hall–Kier alpha value is -0.350. The number of aromatic nitrogens is 2. The second kappa shape index (κ2) is 2.60. The fourth-order valence-electron chi connectivity index (χ4n) is 1.13. The van der Waals surface area contributed by atoms with Crippen LogP contribution in [0.4, 0.5) is 0 Å². The lowest BCUT2D eigenvalue weighted by atomic mass is 10.2. The molecule has 0 spiro atoms. The van der Waals surface area contributed by atoms with Gasteiger partial charge in [-0.3, -0.25) is 4.68 Å². The molecule has 0 atom stereocenters. The van der Waals surface area contributed by atoms with Crippen LogP contribution in [-0.4, -0.2) is 23.0 Å². The minimum absolute atomic E-state index is 0.460. The summed E-state index contributed by atoms with van der Waals surface area (Å²) in [5.41, 5.74) is 1.18. The number of rotatable bonds is 1. The van der Waals surface area contributed by atoms with Crippen LogP contribution >= 0.6 is 15.9 Å². The zero-order valence-electron chi connectivity index (χ0n) is 6.25. The first kappa shape index (κ1) is 7.31. The molecule has 0 amide bonds. The number of hydrogen-bond acceptors (Lipinski definition) is 2. The van der Waals surface area contributed by atoms with Crippen molar-refractivity contribution in [2.45, 2.75) is 13.0 Å². The molecular formula is C7H9BrN2O. The molecule has 0 radical (unpaired) electrons. The summed E-state index contributed by atoms with van der Waals surface area (Å²) in [6, 6.07) is 0.460. The van der Waals surface area contributed by atoms with Crippen LogP contribution in [0.2, 0.25) is 0 Å².